The number of nitrogens with zero attached hydrogens (tertiary/aromatic N) is 1. The van der Waals surface area contributed by atoms with Gasteiger partial charge in [-0.05, 0) is 90.4 Å². The molecule has 0 radical (unpaired) electrons. The van der Waals surface area contributed by atoms with E-state index in [1.165, 1.54) is 18.9 Å². The molecule has 168 valence electrons. The Balaban J connectivity index is 1.87. The quantitative estimate of drug-likeness (QED) is 0.191. The van der Waals surface area contributed by atoms with Crippen molar-refractivity contribution < 1.29 is 23.8 Å². The van der Waals surface area contributed by atoms with E-state index < -0.39 is 5.97 Å². The number of benzene rings is 2. The van der Waals surface area contributed by atoms with Gasteiger partial charge in [0.15, 0.2) is 22.4 Å². The second-order valence-electron chi connectivity index (χ2n) is 6.91. The molecule has 0 aromatic heterocycles. The van der Waals surface area contributed by atoms with E-state index in [0.29, 0.717) is 20.7 Å². The van der Waals surface area contributed by atoms with E-state index in [1.54, 1.807) is 24.0 Å². The summed E-state index contributed by atoms with van der Waals surface area (Å²) >= 11 is 8.84. The SMILES string of the molecule is CCOC(=O)COc1c(I)cc(/C=C2/SC(=S)N(c3ccc(C)c(C)c3)C2=O)cc1OC. The second-order valence-corrected chi connectivity index (χ2v) is 9.75. The second kappa shape index (κ2) is 10.7. The molecule has 0 saturated carbocycles. The summed E-state index contributed by atoms with van der Waals surface area (Å²) in [4.78, 5) is 26.8. The lowest BCUT2D eigenvalue weighted by molar-refractivity contribution is -0.145. The number of anilines is 1. The lowest BCUT2D eigenvalue weighted by atomic mass is 10.1. The van der Waals surface area contributed by atoms with Gasteiger partial charge in [0.1, 0.15) is 0 Å². The van der Waals surface area contributed by atoms with Crippen LogP contribution in [0.3, 0.4) is 0 Å². The van der Waals surface area contributed by atoms with Crippen LogP contribution in [0.1, 0.15) is 23.6 Å². The first-order valence-electron chi connectivity index (χ1n) is 9.76. The molecule has 1 amide bonds. The van der Waals surface area contributed by atoms with Gasteiger partial charge in [-0.3, -0.25) is 9.69 Å². The lowest BCUT2D eigenvalue weighted by Gasteiger charge is -2.16. The minimum absolute atomic E-state index is 0.167. The largest absolute Gasteiger partial charge is 0.493 e. The molecule has 1 aliphatic heterocycles. The van der Waals surface area contributed by atoms with Gasteiger partial charge in [0.25, 0.3) is 5.91 Å². The summed E-state index contributed by atoms with van der Waals surface area (Å²) in [5.74, 6) is 0.280. The highest BCUT2D eigenvalue weighted by Gasteiger charge is 2.33. The monoisotopic (exact) mass is 583 g/mol. The van der Waals surface area contributed by atoms with Crippen LogP contribution >= 0.6 is 46.6 Å². The zero-order chi connectivity index (χ0) is 23.4. The number of carbonyl (C=O) groups excluding carboxylic acids is 2. The van der Waals surface area contributed by atoms with Crippen molar-refractivity contribution in [2.45, 2.75) is 20.8 Å². The summed E-state index contributed by atoms with van der Waals surface area (Å²) in [5.41, 5.74) is 3.77. The van der Waals surface area contributed by atoms with Gasteiger partial charge >= 0.3 is 5.97 Å². The number of methoxy groups -OCH3 is 1. The fourth-order valence-corrected chi connectivity index (χ4v) is 5.08. The van der Waals surface area contributed by atoms with Gasteiger partial charge in [0, 0.05) is 0 Å². The van der Waals surface area contributed by atoms with Crippen molar-refractivity contribution in [2.24, 2.45) is 0 Å². The molecule has 0 aliphatic carbocycles. The summed E-state index contributed by atoms with van der Waals surface area (Å²) < 4.78 is 17.2. The van der Waals surface area contributed by atoms with Crippen LogP contribution in [0.2, 0.25) is 0 Å². The topological polar surface area (TPSA) is 65.1 Å². The summed E-state index contributed by atoms with van der Waals surface area (Å²) in [6.07, 6.45) is 1.78. The number of halogens is 1. The molecule has 1 fully saturated rings. The number of thioether (sulfide) groups is 1. The molecule has 2 aromatic rings. The lowest BCUT2D eigenvalue weighted by Crippen LogP contribution is -2.27. The molecule has 32 heavy (non-hydrogen) atoms. The fourth-order valence-electron chi connectivity index (χ4n) is 3.00. The molecule has 0 bridgehead atoms. The van der Waals surface area contributed by atoms with Gasteiger partial charge in [-0.25, -0.2) is 4.79 Å². The van der Waals surface area contributed by atoms with Crippen LogP contribution in [-0.2, 0) is 14.3 Å². The Hall–Kier alpha value is -2.11. The number of aryl methyl sites for hydroxylation is 2. The van der Waals surface area contributed by atoms with Crippen molar-refractivity contribution in [1.29, 1.82) is 0 Å². The van der Waals surface area contributed by atoms with Crippen LogP contribution in [-0.4, -0.2) is 36.5 Å². The van der Waals surface area contributed by atoms with Gasteiger partial charge in [-0.1, -0.05) is 30.0 Å². The van der Waals surface area contributed by atoms with Crippen LogP contribution < -0.4 is 14.4 Å². The molecule has 6 nitrogen and oxygen atoms in total. The number of amides is 1. The average Bonchev–Trinajstić information content (AvgIpc) is 3.02. The third kappa shape index (κ3) is 5.44. The first-order valence-corrected chi connectivity index (χ1v) is 12.1. The number of ether oxygens (including phenoxy) is 3. The van der Waals surface area contributed by atoms with E-state index in [2.05, 4.69) is 22.6 Å². The summed E-state index contributed by atoms with van der Waals surface area (Å²) in [6.45, 7) is 5.84. The van der Waals surface area contributed by atoms with Gasteiger partial charge in [0.05, 0.1) is 27.9 Å². The molecule has 1 saturated heterocycles. The number of carbonyl (C=O) groups is 2. The molecule has 9 heteroatoms. The molecule has 3 rings (SSSR count). The standard InChI is InChI=1S/C23H22INO5S2/c1-5-29-20(26)12-30-21-17(24)9-15(10-18(21)28-4)11-19-22(27)25(23(31)32-19)16-7-6-13(2)14(3)8-16/h6-11H,5,12H2,1-4H3/b19-11+. The van der Waals surface area contributed by atoms with Gasteiger partial charge in [-0.15, -0.1) is 0 Å². The van der Waals surface area contributed by atoms with Crippen LogP contribution in [0.4, 0.5) is 5.69 Å². The Kier molecular flexibility index (Phi) is 8.18. The van der Waals surface area contributed by atoms with Crippen molar-refractivity contribution >= 4 is 74.5 Å². The Labute approximate surface area is 210 Å². The van der Waals surface area contributed by atoms with Crippen LogP contribution in [0, 0.1) is 17.4 Å². The Morgan fingerprint density at radius 1 is 1.22 bits per heavy atom. The Bertz CT molecular complexity index is 1120. The highest BCUT2D eigenvalue weighted by atomic mass is 127. The summed E-state index contributed by atoms with van der Waals surface area (Å²) in [7, 11) is 1.52. The van der Waals surface area contributed by atoms with Crippen LogP contribution in [0.25, 0.3) is 6.08 Å². The predicted molar refractivity (Wildman–Crippen MR) is 139 cm³/mol. The molecule has 0 unspecified atom stereocenters. The number of hydrogen-bond donors (Lipinski definition) is 0. The number of thiocarbonyl (C=S) groups is 1. The molecule has 0 atom stereocenters. The van der Waals surface area contributed by atoms with E-state index in [-0.39, 0.29) is 19.1 Å². The predicted octanol–water partition coefficient (Wildman–Crippen LogP) is 5.26. The first-order chi connectivity index (χ1) is 15.2. The molecular weight excluding hydrogens is 561 g/mol. The highest BCUT2D eigenvalue weighted by Crippen LogP contribution is 2.39. The number of rotatable bonds is 7. The maximum absolute atomic E-state index is 13.1. The zero-order valence-electron chi connectivity index (χ0n) is 18.1. The van der Waals surface area contributed by atoms with Crippen LogP contribution in [0.5, 0.6) is 11.5 Å². The van der Waals surface area contributed by atoms with Crippen molar-refractivity contribution in [3.63, 3.8) is 0 Å². The van der Waals surface area contributed by atoms with E-state index >= 15 is 0 Å². The van der Waals surface area contributed by atoms with E-state index in [1.807, 2.05) is 38.1 Å². The Morgan fingerprint density at radius 2 is 1.97 bits per heavy atom. The average molecular weight is 583 g/mol. The third-order valence-electron chi connectivity index (χ3n) is 4.73. The van der Waals surface area contributed by atoms with Gasteiger partial charge < -0.3 is 14.2 Å². The molecular formula is C23H22INO5S2. The molecule has 1 heterocycles. The first kappa shape index (κ1) is 24.5. The molecule has 2 aromatic carbocycles. The maximum Gasteiger partial charge on any atom is 0.344 e. The fraction of sp³-hybridized carbons (Fsp3) is 0.261. The van der Waals surface area contributed by atoms with Crippen molar-refractivity contribution in [1.82, 2.24) is 0 Å². The van der Waals surface area contributed by atoms with E-state index in [4.69, 9.17) is 26.4 Å². The summed E-state index contributed by atoms with van der Waals surface area (Å²) in [6, 6.07) is 9.45. The maximum atomic E-state index is 13.1. The highest BCUT2D eigenvalue weighted by molar-refractivity contribution is 14.1. The Morgan fingerprint density at radius 3 is 2.62 bits per heavy atom. The zero-order valence-corrected chi connectivity index (χ0v) is 21.9. The minimum Gasteiger partial charge on any atom is -0.493 e. The van der Waals surface area contributed by atoms with Gasteiger partial charge in [-0.2, -0.15) is 0 Å². The smallest absolute Gasteiger partial charge is 0.344 e. The van der Waals surface area contributed by atoms with Gasteiger partial charge in [0.2, 0.25) is 0 Å². The number of hydrogen-bond acceptors (Lipinski definition) is 7. The van der Waals surface area contributed by atoms with Crippen molar-refractivity contribution in [2.75, 3.05) is 25.2 Å². The van der Waals surface area contributed by atoms with E-state index in [0.717, 1.165) is 25.9 Å². The van der Waals surface area contributed by atoms with Crippen molar-refractivity contribution in [3.05, 3.63) is 55.5 Å². The normalized spacial score (nSPS) is 14.8. The van der Waals surface area contributed by atoms with Crippen LogP contribution in [0.15, 0.2) is 35.2 Å². The van der Waals surface area contributed by atoms with E-state index in [9.17, 15) is 9.59 Å². The number of esters is 1. The minimum atomic E-state index is -0.454. The third-order valence-corrected chi connectivity index (χ3v) is 6.84. The summed E-state index contributed by atoms with van der Waals surface area (Å²) in [5, 5.41) is 0. The molecule has 1 aliphatic rings. The molecule has 0 spiro atoms. The molecule has 0 N–H and O–H groups in total. The van der Waals surface area contributed by atoms with Crippen molar-refractivity contribution in [3.8, 4) is 11.5 Å².